The first-order valence-corrected chi connectivity index (χ1v) is 19.8. The fourth-order valence-electron chi connectivity index (χ4n) is 10.5. The van der Waals surface area contributed by atoms with Gasteiger partial charge in [-0.3, -0.25) is 0 Å². The standard InChI is InChI=1S/C53H42N2/c1-52-31-12-13-32-53(52,2)55(39-19-10-5-11-20-39)49-30-25-38(33-46(49)52)47-21-14-22-48(54-47)45-34-44(36-17-8-4-9-18-36)42-27-24-37-23-26-40(35-15-6-3-7-16-35)41-28-29-43(45)51(42)50(37)41/h3-11,14-30,33-34H,12-13,31-32H2,1-2H3. The summed E-state index contributed by atoms with van der Waals surface area (Å²) >= 11 is 0. The van der Waals surface area contributed by atoms with Gasteiger partial charge in [0.05, 0.1) is 16.9 Å². The van der Waals surface area contributed by atoms with Crippen molar-refractivity contribution in [2.45, 2.75) is 50.5 Å². The van der Waals surface area contributed by atoms with Crippen molar-refractivity contribution in [2.75, 3.05) is 4.90 Å². The van der Waals surface area contributed by atoms with Gasteiger partial charge in [-0.15, -0.1) is 0 Å². The van der Waals surface area contributed by atoms with Crippen LogP contribution in [0.2, 0.25) is 0 Å². The quantitative estimate of drug-likeness (QED) is 0.166. The maximum Gasteiger partial charge on any atom is 0.0715 e. The van der Waals surface area contributed by atoms with Crippen molar-refractivity contribution in [1.82, 2.24) is 4.98 Å². The fourth-order valence-corrected chi connectivity index (χ4v) is 10.5. The van der Waals surface area contributed by atoms with Crippen LogP contribution in [-0.2, 0) is 5.41 Å². The molecule has 2 unspecified atom stereocenters. The summed E-state index contributed by atoms with van der Waals surface area (Å²) in [5.74, 6) is 0. The smallest absolute Gasteiger partial charge is 0.0715 e. The number of hydrogen-bond acceptors (Lipinski definition) is 2. The normalized spacial score (nSPS) is 19.3. The highest BCUT2D eigenvalue weighted by atomic mass is 15.3. The predicted molar refractivity (Wildman–Crippen MR) is 232 cm³/mol. The van der Waals surface area contributed by atoms with Gasteiger partial charge in [-0.2, -0.15) is 0 Å². The fraction of sp³-hybridized carbons (Fsp3) is 0.151. The Labute approximate surface area is 323 Å². The molecular formula is C53H42N2. The van der Waals surface area contributed by atoms with Crippen LogP contribution in [0.4, 0.5) is 11.4 Å². The molecule has 9 aromatic rings. The maximum atomic E-state index is 5.53. The molecule has 2 aliphatic rings. The lowest BCUT2D eigenvalue weighted by atomic mass is 9.61. The van der Waals surface area contributed by atoms with Gasteiger partial charge in [-0.25, -0.2) is 4.98 Å². The third kappa shape index (κ3) is 4.70. The lowest BCUT2D eigenvalue weighted by molar-refractivity contribution is 0.195. The van der Waals surface area contributed by atoms with Gasteiger partial charge in [0.25, 0.3) is 0 Å². The third-order valence-corrected chi connectivity index (χ3v) is 13.4. The first-order valence-electron chi connectivity index (χ1n) is 19.8. The molecule has 1 fully saturated rings. The number of hydrogen-bond donors (Lipinski definition) is 0. The third-order valence-electron chi connectivity index (χ3n) is 13.4. The Morgan fingerprint density at radius 3 is 1.85 bits per heavy atom. The SMILES string of the molecule is CC12CCCCC1(C)N(c1ccccc1)c1ccc(-c3cccc(-c4cc(-c5ccccc5)c5ccc6ccc(-c7ccccc7)c7ccc4c5c67)n3)cc12. The number of fused-ring (bicyclic) bond motifs is 3. The summed E-state index contributed by atoms with van der Waals surface area (Å²) in [6.07, 6.45) is 4.89. The second kappa shape index (κ2) is 12.1. The molecule has 0 saturated heterocycles. The van der Waals surface area contributed by atoms with E-state index in [2.05, 4.69) is 189 Å². The summed E-state index contributed by atoms with van der Waals surface area (Å²) < 4.78 is 0. The average Bonchev–Trinajstić information content (AvgIpc) is 3.46. The Bertz CT molecular complexity index is 2900. The lowest BCUT2D eigenvalue weighted by Gasteiger charge is -2.50. The minimum Gasteiger partial charge on any atom is -0.334 e. The van der Waals surface area contributed by atoms with E-state index in [4.69, 9.17) is 4.98 Å². The van der Waals surface area contributed by atoms with Crippen molar-refractivity contribution in [1.29, 1.82) is 0 Å². The van der Waals surface area contributed by atoms with Gasteiger partial charge in [0, 0.05) is 27.9 Å². The highest BCUT2D eigenvalue weighted by Gasteiger charge is 2.57. The van der Waals surface area contributed by atoms with Crippen molar-refractivity contribution in [3.8, 4) is 44.8 Å². The first-order chi connectivity index (χ1) is 27.0. The average molecular weight is 707 g/mol. The molecule has 0 spiro atoms. The number of para-hydroxylation sites is 1. The van der Waals surface area contributed by atoms with E-state index < -0.39 is 0 Å². The van der Waals surface area contributed by atoms with E-state index in [1.807, 2.05) is 0 Å². The molecule has 0 bridgehead atoms. The molecular weight excluding hydrogens is 665 g/mol. The lowest BCUT2D eigenvalue weighted by Crippen LogP contribution is -2.54. The van der Waals surface area contributed by atoms with Gasteiger partial charge >= 0.3 is 0 Å². The molecule has 0 radical (unpaired) electrons. The van der Waals surface area contributed by atoms with Crippen LogP contribution in [0.15, 0.2) is 170 Å². The van der Waals surface area contributed by atoms with Gasteiger partial charge in [0.15, 0.2) is 0 Å². The molecule has 1 aliphatic carbocycles. The van der Waals surface area contributed by atoms with E-state index in [1.54, 1.807) is 0 Å². The molecule has 1 aliphatic heterocycles. The van der Waals surface area contributed by atoms with Crippen LogP contribution in [0.1, 0.15) is 45.1 Å². The number of anilines is 2. The zero-order valence-electron chi connectivity index (χ0n) is 31.4. The van der Waals surface area contributed by atoms with E-state index in [9.17, 15) is 0 Å². The van der Waals surface area contributed by atoms with E-state index in [0.29, 0.717) is 0 Å². The Hall–Kier alpha value is -6.25. The first kappa shape index (κ1) is 32.2. The van der Waals surface area contributed by atoms with E-state index in [1.165, 1.54) is 103 Å². The Kier molecular flexibility index (Phi) is 7.10. The minimum absolute atomic E-state index is 0.0127. The van der Waals surface area contributed by atoms with Crippen LogP contribution >= 0.6 is 0 Å². The van der Waals surface area contributed by atoms with Crippen LogP contribution in [0.25, 0.3) is 77.1 Å². The summed E-state index contributed by atoms with van der Waals surface area (Å²) in [7, 11) is 0. The molecule has 2 nitrogen and oxygen atoms in total. The van der Waals surface area contributed by atoms with Gasteiger partial charge in [0.2, 0.25) is 0 Å². The van der Waals surface area contributed by atoms with Gasteiger partial charge in [0.1, 0.15) is 0 Å². The summed E-state index contributed by atoms with van der Waals surface area (Å²) in [5, 5.41) is 7.67. The zero-order chi connectivity index (χ0) is 36.7. The summed E-state index contributed by atoms with van der Waals surface area (Å²) in [6.45, 7) is 5.01. The number of nitrogens with zero attached hydrogens (tertiary/aromatic N) is 2. The molecule has 1 aromatic heterocycles. The van der Waals surface area contributed by atoms with E-state index in [-0.39, 0.29) is 11.0 Å². The molecule has 8 aromatic carbocycles. The number of rotatable bonds is 5. The largest absolute Gasteiger partial charge is 0.334 e. The molecule has 2 atom stereocenters. The monoisotopic (exact) mass is 706 g/mol. The molecule has 1 saturated carbocycles. The van der Waals surface area contributed by atoms with Crippen LogP contribution in [-0.4, -0.2) is 10.5 Å². The number of pyridine rings is 1. The van der Waals surface area contributed by atoms with Crippen LogP contribution < -0.4 is 4.90 Å². The van der Waals surface area contributed by atoms with E-state index >= 15 is 0 Å². The van der Waals surface area contributed by atoms with Gasteiger partial charge in [-0.1, -0.05) is 147 Å². The summed E-state index contributed by atoms with van der Waals surface area (Å²) in [6, 6.07) is 62.7. The second-order valence-electron chi connectivity index (χ2n) is 16.2. The Morgan fingerprint density at radius 1 is 0.473 bits per heavy atom. The molecule has 55 heavy (non-hydrogen) atoms. The van der Waals surface area contributed by atoms with Gasteiger partial charge < -0.3 is 4.90 Å². The summed E-state index contributed by atoms with van der Waals surface area (Å²) in [4.78, 5) is 8.18. The van der Waals surface area contributed by atoms with Crippen molar-refractivity contribution in [3.05, 3.63) is 175 Å². The zero-order valence-corrected chi connectivity index (χ0v) is 31.4. The van der Waals surface area contributed by atoms with Crippen molar-refractivity contribution in [2.24, 2.45) is 0 Å². The van der Waals surface area contributed by atoms with Crippen LogP contribution in [0.3, 0.4) is 0 Å². The Morgan fingerprint density at radius 2 is 1.09 bits per heavy atom. The molecule has 11 rings (SSSR count). The van der Waals surface area contributed by atoms with Gasteiger partial charge in [-0.05, 0) is 122 Å². The molecule has 2 heteroatoms. The van der Waals surface area contributed by atoms with Crippen LogP contribution in [0.5, 0.6) is 0 Å². The number of aromatic nitrogens is 1. The highest BCUT2D eigenvalue weighted by Crippen LogP contribution is 2.61. The predicted octanol–water partition coefficient (Wildman–Crippen LogP) is 14.4. The van der Waals surface area contributed by atoms with Crippen LogP contribution in [0, 0.1) is 0 Å². The highest BCUT2D eigenvalue weighted by molar-refractivity contribution is 6.29. The molecule has 264 valence electrons. The Balaban J connectivity index is 1.11. The topological polar surface area (TPSA) is 16.1 Å². The van der Waals surface area contributed by atoms with Crippen molar-refractivity contribution >= 4 is 43.7 Å². The minimum atomic E-state index is 0.0127. The summed E-state index contributed by atoms with van der Waals surface area (Å²) in [5.41, 5.74) is 13.4. The molecule has 0 amide bonds. The van der Waals surface area contributed by atoms with Crippen molar-refractivity contribution < 1.29 is 0 Å². The van der Waals surface area contributed by atoms with E-state index in [0.717, 1.165) is 17.0 Å². The maximum absolute atomic E-state index is 5.53. The second-order valence-corrected chi connectivity index (χ2v) is 16.2. The van der Waals surface area contributed by atoms with Crippen molar-refractivity contribution in [3.63, 3.8) is 0 Å². The molecule has 2 heterocycles. The molecule has 0 N–H and O–H groups in total. The number of benzene rings is 8.